The molecule has 1 aromatic heterocycles. The fourth-order valence-electron chi connectivity index (χ4n) is 2.62. The van der Waals surface area contributed by atoms with Gasteiger partial charge in [-0.1, -0.05) is 61.0 Å². The second kappa shape index (κ2) is 7.33. The van der Waals surface area contributed by atoms with Gasteiger partial charge in [0.25, 0.3) is 5.91 Å². The largest absolute Gasteiger partial charge is 0.298 e. The lowest BCUT2D eigenvalue weighted by molar-refractivity contribution is 0.102. The molecule has 5 heteroatoms. The number of anilines is 1. The maximum Gasteiger partial charge on any atom is 0.257 e. The number of carbonyl (C=O) groups is 1. The van der Waals surface area contributed by atoms with Crippen molar-refractivity contribution < 1.29 is 4.79 Å². The third-order valence-electron chi connectivity index (χ3n) is 4.15. The normalized spacial score (nSPS) is 11.4. The molecule has 1 amide bonds. The van der Waals surface area contributed by atoms with Crippen molar-refractivity contribution in [1.82, 2.24) is 4.98 Å². The summed E-state index contributed by atoms with van der Waals surface area (Å²) >= 11 is 4.93. The van der Waals surface area contributed by atoms with E-state index in [-0.39, 0.29) is 11.3 Å². The standard InChI is InChI=1S/C21H21BrN2OS/c1-13-18(14-7-11-17(22)12-8-14)23-20(26-13)24-19(25)15-5-9-16(10-6-15)21(2,3)4/h5-12H,1-4H3,(H,23,24,25). The Morgan fingerprint density at radius 3 is 2.23 bits per heavy atom. The quantitative estimate of drug-likeness (QED) is 0.521. The first-order valence-corrected chi connectivity index (χ1v) is 10.0. The minimum atomic E-state index is -0.137. The van der Waals surface area contributed by atoms with Gasteiger partial charge in [0.05, 0.1) is 5.69 Å². The molecule has 0 radical (unpaired) electrons. The second-order valence-corrected chi connectivity index (χ2v) is 9.33. The topological polar surface area (TPSA) is 42.0 Å². The lowest BCUT2D eigenvalue weighted by atomic mass is 9.87. The average molecular weight is 429 g/mol. The molecule has 0 bridgehead atoms. The van der Waals surface area contributed by atoms with Crippen molar-refractivity contribution in [3.63, 3.8) is 0 Å². The van der Waals surface area contributed by atoms with E-state index in [1.54, 1.807) is 0 Å². The van der Waals surface area contributed by atoms with E-state index in [1.165, 1.54) is 16.9 Å². The van der Waals surface area contributed by atoms with Gasteiger partial charge in [-0.05, 0) is 42.2 Å². The van der Waals surface area contributed by atoms with E-state index in [0.717, 1.165) is 20.6 Å². The minimum absolute atomic E-state index is 0.0704. The molecule has 1 N–H and O–H groups in total. The Hall–Kier alpha value is -1.98. The summed E-state index contributed by atoms with van der Waals surface area (Å²) in [5.41, 5.74) is 3.85. The molecule has 2 aromatic carbocycles. The molecule has 0 saturated carbocycles. The van der Waals surface area contributed by atoms with Gasteiger partial charge in [-0.3, -0.25) is 10.1 Å². The SMILES string of the molecule is Cc1sc(NC(=O)c2ccc(C(C)(C)C)cc2)nc1-c1ccc(Br)cc1. The van der Waals surface area contributed by atoms with Crippen LogP contribution in [0.1, 0.15) is 41.6 Å². The van der Waals surface area contributed by atoms with Crippen LogP contribution in [0.5, 0.6) is 0 Å². The first-order valence-electron chi connectivity index (χ1n) is 8.39. The first kappa shape index (κ1) is 18.8. The van der Waals surface area contributed by atoms with Crippen molar-refractivity contribution in [1.29, 1.82) is 0 Å². The van der Waals surface area contributed by atoms with Gasteiger partial charge in [-0.2, -0.15) is 0 Å². The van der Waals surface area contributed by atoms with E-state index in [0.29, 0.717) is 10.7 Å². The summed E-state index contributed by atoms with van der Waals surface area (Å²) in [5.74, 6) is -0.137. The molecule has 0 saturated heterocycles. The number of aryl methyl sites for hydroxylation is 1. The third-order valence-corrected chi connectivity index (χ3v) is 5.56. The zero-order valence-corrected chi connectivity index (χ0v) is 17.7. The molecule has 3 rings (SSSR count). The molecule has 26 heavy (non-hydrogen) atoms. The maximum atomic E-state index is 12.5. The minimum Gasteiger partial charge on any atom is -0.298 e. The van der Waals surface area contributed by atoms with Gasteiger partial charge in [0.15, 0.2) is 5.13 Å². The van der Waals surface area contributed by atoms with Gasteiger partial charge in [0, 0.05) is 20.5 Å². The van der Waals surface area contributed by atoms with Crippen molar-refractivity contribution in [3.8, 4) is 11.3 Å². The van der Waals surface area contributed by atoms with Crippen LogP contribution >= 0.6 is 27.3 Å². The first-order chi connectivity index (χ1) is 12.2. The van der Waals surface area contributed by atoms with Crippen LogP contribution in [0, 0.1) is 6.92 Å². The number of amides is 1. The highest BCUT2D eigenvalue weighted by atomic mass is 79.9. The van der Waals surface area contributed by atoms with Crippen LogP contribution in [0.15, 0.2) is 53.0 Å². The Kier molecular flexibility index (Phi) is 5.30. The summed E-state index contributed by atoms with van der Waals surface area (Å²) in [6, 6.07) is 15.8. The van der Waals surface area contributed by atoms with Crippen LogP contribution in [0.3, 0.4) is 0 Å². The fraction of sp³-hybridized carbons (Fsp3) is 0.238. The van der Waals surface area contributed by atoms with E-state index in [1.807, 2.05) is 55.5 Å². The molecule has 134 valence electrons. The maximum absolute atomic E-state index is 12.5. The predicted molar refractivity (Wildman–Crippen MR) is 113 cm³/mol. The molecular formula is C21H21BrN2OS. The van der Waals surface area contributed by atoms with Gasteiger partial charge in [-0.25, -0.2) is 4.98 Å². The summed E-state index contributed by atoms with van der Waals surface area (Å²) in [7, 11) is 0. The van der Waals surface area contributed by atoms with Gasteiger partial charge in [0.1, 0.15) is 0 Å². The highest BCUT2D eigenvalue weighted by Crippen LogP contribution is 2.31. The third kappa shape index (κ3) is 4.22. The van der Waals surface area contributed by atoms with E-state index in [9.17, 15) is 4.79 Å². The molecule has 0 aliphatic rings. The number of hydrogen-bond donors (Lipinski definition) is 1. The molecule has 3 nitrogen and oxygen atoms in total. The molecule has 0 aliphatic carbocycles. The van der Waals surface area contributed by atoms with Crippen LogP contribution in [-0.2, 0) is 5.41 Å². The zero-order valence-electron chi connectivity index (χ0n) is 15.3. The summed E-state index contributed by atoms with van der Waals surface area (Å²) < 4.78 is 1.03. The Balaban J connectivity index is 1.78. The molecule has 0 fully saturated rings. The molecular weight excluding hydrogens is 408 g/mol. The molecule has 0 unspecified atom stereocenters. The number of halogens is 1. The summed E-state index contributed by atoms with van der Waals surface area (Å²) in [5, 5.41) is 3.53. The number of hydrogen-bond acceptors (Lipinski definition) is 3. The van der Waals surface area contributed by atoms with Crippen molar-refractivity contribution in [3.05, 3.63) is 69.0 Å². The van der Waals surface area contributed by atoms with Gasteiger partial charge in [0.2, 0.25) is 0 Å². The lowest BCUT2D eigenvalue weighted by Gasteiger charge is -2.18. The van der Waals surface area contributed by atoms with Crippen LogP contribution in [-0.4, -0.2) is 10.9 Å². The Bertz CT molecular complexity index is 922. The number of carbonyl (C=O) groups excluding carboxylic acids is 1. The number of nitrogens with zero attached hydrogens (tertiary/aromatic N) is 1. The Morgan fingerprint density at radius 1 is 1.04 bits per heavy atom. The number of aromatic nitrogens is 1. The highest BCUT2D eigenvalue weighted by molar-refractivity contribution is 9.10. The molecule has 1 heterocycles. The fourth-order valence-corrected chi connectivity index (χ4v) is 3.71. The monoisotopic (exact) mass is 428 g/mol. The van der Waals surface area contributed by atoms with Crippen molar-refractivity contribution in [2.24, 2.45) is 0 Å². The van der Waals surface area contributed by atoms with Crippen LogP contribution in [0.4, 0.5) is 5.13 Å². The van der Waals surface area contributed by atoms with Crippen molar-refractivity contribution in [2.75, 3.05) is 5.32 Å². The van der Waals surface area contributed by atoms with Gasteiger partial charge >= 0.3 is 0 Å². The average Bonchev–Trinajstić information content (AvgIpc) is 2.95. The number of thiazole rings is 1. The van der Waals surface area contributed by atoms with Crippen LogP contribution in [0.2, 0.25) is 0 Å². The van der Waals surface area contributed by atoms with E-state index in [2.05, 4.69) is 47.0 Å². The van der Waals surface area contributed by atoms with Crippen molar-refractivity contribution >= 4 is 38.3 Å². The smallest absolute Gasteiger partial charge is 0.257 e. The summed E-state index contributed by atoms with van der Waals surface area (Å²) in [6.45, 7) is 8.49. The van der Waals surface area contributed by atoms with E-state index in [4.69, 9.17) is 0 Å². The second-order valence-electron chi connectivity index (χ2n) is 7.21. The number of benzene rings is 2. The van der Waals surface area contributed by atoms with Gasteiger partial charge < -0.3 is 0 Å². The van der Waals surface area contributed by atoms with Crippen molar-refractivity contribution in [2.45, 2.75) is 33.1 Å². The molecule has 0 aliphatic heterocycles. The molecule has 0 atom stereocenters. The van der Waals surface area contributed by atoms with E-state index < -0.39 is 0 Å². The Labute approximate surface area is 166 Å². The zero-order chi connectivity index (χ0) is 18.9. The van der Waals surface area contributed by atoms with Crippen LogP contribution < -0.4 is 5.32 Å². The van der Waals surface area contributed by atoms with E-state index >= 15 is 0 Å². The van der Waals surface area contributed by atoms with Crippen LogP contribution in [0.25, 0.3) is 11.3 Å². The highest BCUT2D eigenvalue weighted by Gasteiger charge is 2.16. The summed E-state index contributed by atoms with van der Waals surface area (Å²) in [6.07, 6.45) is 0. The van der Waals surface area contributed by atoms with Gasteiger partial charge in [-0.15, -0.1) is 11.3 Å². The molecule has 3 aromatic rings. The Morgan fingerprint density at radius 2 is 1.65 bits per heavy atom. The summed E-state index contributed by atoms with van der Waals surface area (Å²) in [4.78, 5) is 18.2. The number of nitrogens with one attached hydrogen (secondary N) is 1. The number of rotatable bonds is 3. The predicted octanol–water partition coefficient (Wildman–Crippen LogP) is 6.43. The lowest BCUT2D eigenvalue weighted by Crippen LogP contribution is -2.14. The molecule has 0 spiro atoms.